The van der Waals surface area contributed by atoms with Gasteiger partial charge in [0.05, 0.1) is 11.9 Å². The summed E-state index contributed by atoms with van der Waals surface area (Å²) in [7, 11) is 0. The van der Waals surface area contributed by atoms with Crippen LogP contribution in [0.2, 0.25) is 0 Å². The van der Waals surface area contributed by atoms with Gasteiger partial charge in [-0.25, -0.2) is 0 Å². The van der Waals surface area contributed by atoms with Crippen molar-refractivity contribution >= 4 is 21.6 Å². The van der Waals surface area contributed by atoms with Crippen LogP contribution in [0.25, 0.3) is 21.6 Å². The summed E-state index contributed by atoms with van der Waals surface area (Å²) in [6, 6.07) is 8.31. The number of aryl methyl sites for hydroxylation is 1. The summed E-state index contributed by atoms with van der Waals surface area (Å²) in [5, 5.41) is 0.893. The number of aromatic nitrogens is 2. The van der Waals surface area contributed by atoms with Crippen molar-refractivity contribution in [2.75, 3.05) is 0 Å². The fourth-order valence-corrected chi connectivity index (χ4v) is 5.85. The molecule has 1 aliphatic heterocycles. The maximum absolute atomic E-state index is 12.8. The second kappa shape index (κ2) is 5.04. The first-order valence-corrected chi connectivity index (χ1v) is 9.88. The third kappa shape index (κ3) is 2.16. The zero-order chi connectivity index (χ0) is 17.3. The van der Waals surface area contributed by atoms with Crippen LogP contribution in [0.3, 0.4) is 0 Å². The van der Waals surface area contributed by atoms with Gasteiger partial charge in [0.15, 0.2) is 0 Å². The second-order valence-electron chi connectivity index (χ2n) is 8.47. The molecule has 0 saturated heterocycles. The highest BCUT2D eigenvalue weighted by Gasteiger charge is 2.33. The monoisotopic (exact) mass is 350 g/mol. The van der Waals surface area contributed by atoms with Crippen molar-refractivity contribution in [3.63, 3.8) is 0 Å². The van der Waals surface area contributed by atoms with Crippen molar-refractivity contribution in [2.45, 2.75) is 46.6 Å². The van der Waals surface area contributed by atoms with E-state index >= 15 is 0 Å². The Hall–Kier alpha value is -1.94. The Morgan fingerprint density at radius 3 is 2.84 bits per heavy atom. The van der Waals surface area contributed by atoms with Gasteiger partial charge in [0.1, 0.15) is 10.7 Å². The topological polar surface area (TPSA) is 34.9 Å². The van der Waals surface area contributed by atoms with Gasteiger partial charge in [-0.2, -0.15) is 4.98 Å². The van der Waals surface area contributed by atoms with Crippen molar-refractivity contribution in [3.8, 4) is 11.4 Å². The smallest absolute Gasteiger partial charge is 0.282 e. The molecule has 0 amide bonds. The zero-order valence-electron chi connectivity index (χ0n) is 14.9. The van der Waals surface area contributed by atoms with E-state index in [9.17, 15) is 4.79 Å². The molecule has 25 heavy (non-hydrogen) atoms. The number of fused-ring (bicyclic) bond motifs is 7. The molecule has 2 aliphatic rings. The minimum absolute atomic E-state index is 0.0374. The molecule has 0 N–H and O–H groups in total. The van der Waals surface area contributed by atoms with E-state index in [2.05, 4.69) is 48.5 Å². The van der Waals surface area contributed by atoms with E-state index in [4.69, 9.17) is 0 Å². The Balaban J connectivity index is 1.72. The second-order valence-corrected chi connectivity index (χ2v) is 9.56. The van der Waals surface area contributed by atoms with Gasteiger partial charge >= 0.3 is 0 Å². The molecular formula is C21H22N2OS. The average Bonchev–Trinajstić information content (AvgIpc) is 3.12. The summed E-state index contributed by atoms with van der Waals surface area (Å²) < 4.78 is 2.26. The number of thiophene rings is 1. The lowest BCUT2D eigenvalue weighted by Crippen LogP contribution is -2.26. The Morgan fingerprint density at radius 2 is 2.04 bits per heavy atom. The van der Waals surface area contributed by atoms with Crippen molar-refractivity contribution in [3.05, 3.63) is 50.6 Å². The molecule has 128 valence electrons. The fourth-order valence-electron chi connectivity index (χ4n) is 4.43. The summed E-state index contributed by atoms with van der Waals surface area (Å²) in [5.74, 6) is 1.53. The van der Waals surface area contributed by atoms with Gasteiger partial charge in [0.25, 0.3) is 5.56 Å². The van der Waals surface area contributed by atoms with Crippen molar-refractivity contribution in [1.29, 1.82) is 0 Å². The predicted molar refractivity (Wildman–Crippen MR) is 103 cm³/mol. The molecule has 3 heterocycles. The van der Waals surface area contributed by atoms with Gasteiger partial charge < -0.3 is 4.57 Å². The molecular weight excluding hydrogens is 328 g/mol. The maximum atomic E-state index is 12.8. The minimum Gasteiger partial charge on any atom is -0.312 e. The Labute approximate surface area is 151 Å². The van der Waals surface area contributed by atoms with Crippen LogP contribution in [0, 0.1) is 11.3 Å². The molecule has 4 heteroatoms. The third-order valence-corrected chi connectivity index (χ3v) is 7.26. The summed E-state index contributed by atoms with van der Waals surface area (Å²) in [5.41, 5.74) is 3.94. The largest absolute Gasteiger partial charge is 0.312 e. The highest BCUT2D eigenvalue weighted by atomic mass is 32.1. The molecule has 2 aromatic heterocycles. The SMILES string of the molecule is CC(C)(C)[C@H]1CCc2c(sc3c2c(=O)nc2n3Cc3ccccc3-2)C1. The van der Waals surface area contributed by atoms with E-state index in [0.29, 0.717) is 11.3 Å². The quantitative estimate of drug-likeness (QED) is 0.463. The number of hydrogen-bond acceptors (Lipinski definition) is 3. The summed E-state index contributed by atoms with van der Waals surface area (Å²) in [6.45, 7) is 7.83. The van der Waals surface area contributed by atoms with Crippen molar-refractivity contribution < 1.29 is 0 Å². The van der Waals surface area contributed by atoms with Gasteiger partial charge in [-0.15, -0.1) is 11.3 Å². The van der Waals surface area contributed by atoms with Crippen molar-refractivity contribution in [2.24, 2.45) is 11.3 Å². The van der Waals surface area contributed by atoms with E-state index < -0.39 is 0 Å². The third-order valence-electron chi connectivity index (χ3n) is 5.98. The lowest BCUT2D eigenvalue weighted by atomic mass is 9.72. The van der Waals surface area contributed by atoms with Gasteiger partial charge in [-0.1, -0.05) is 45.0 Å². The van der Waals surface area contributed by atoms with Crippen LogP contribution in [0.4, 0.5) is 0 Å². The molecule has 0 bridgehead atoms. The Morgan fingerprint density at radius 1 is 1.24 bits per heavy atom. The van der Waals surface area contributed by atoms with E-state index in [0.717, 1.165) is 41.0 Å². The lowest BCUT2D eigenvalue weighted by molar-refractivity contribution is 0.218. The molecule has 1 aliphatic carbocycles. The Bertz CT molecular complexity index is 1070. The van der Waals surface area contributed by atoms with Gasteiger partial charge in [0, 0.05) is 10.4 Å². The first-order chi connectivity index (χ1) is 11.9. The first-order valence-electron chi connectivity index (χ1n) is 9.07. The molecule has 3 aromatic rings. The number of hydrogen-bond donors (Lipinski definition) is 0. The highest BCUT2D eigenvalue weighted by molar-refractivity contribution is 7.18. The molecule has 0 saturated carbocycles. The van der Waals surface area contributed by atoms with E-state index in [1.165, 1.54) is 22.4 Å². The van der Waals surface area contributed by atoms with Crippen LogP contribution in [0.15, 0.2) is 29.1 Å². The lowest BCUT2D eigenvalue weighted by Gasteiger charge is -2.33. The normalized spacial score (nSPS) is 18.9. The van der Waals surface area contributed by atoms with E-state index in [1.54, 1.807) is 0 Å². The predicted octanol–water partition coefficient (Wildman–Crippen LogP) is 4.64. The number of benzene rings is 1. The van der Waals surface area contributed by atoms with E-state index in [1.807, 2.05) is 17.4 Å². The molecule has 0 fully saturated rings. The number of rotatable bonds is 0. The molecule has 5 rings (SSSR count). The van der Waals surface area contributed by atoms with Crippen LogP contribution >= 0.6 is 11.3 Å². The molecule has 0 radical (unpaired) electrons. The van der Waals surface area contributed by atoms with Crippen LogP contribution in [0.1, 0.15) is 43.2 Å². The Kier molecular flexibility index (Phi) is 3.09. The molecule has 1 aromatic carbocycles. The minimum atomic E-state index is -0.0374. The summed E-state index contributed by atoms with van der Waals surface area (Å²) in [4.78, 5) is 19.9. The maximum Gasteiger partial charge on any atom is 0.282 e. The highest BCUT2D eigenvalue weighted by Crippen LogP contribution is 2.44. The van der Waals surface area contributed by atoms with Crippen LogP contribution in [-0.4, -0.2) is 9.55 Å². The van der Waals surface area contributed by atoms with Crippen LogP contribution in [0.5, 0.6) is 0 Å². The summed E-state index contributed by atoms with van der Waals surface area (Å²) in [6.07, 6.45) is 3.28. The molecule has 3 nitrogen and oxygen atoms in total. The molecule has 0 unspecified atom stereocenters. The first kappa shape index (κ1) is 15.3. The fraction of sp³-hybridized carbons (Fsp3) is 0.429. The van der Waals surface area contributed by atoms with Gasteiger partial charge in [0.2, 0.25) is 0 Å². The zero-order valence-corrected chi connectivity index (χ0v) is 15.7. The molecule has 0 spiro atoms. The van der Waals surface area contributed by atoms with Crippen molar-refractivity contribution in [1.82, 2.24) is 9.55 Å². The van der Waals surface area contributed by atoms with Gasteiger partial charge in [-0.3, -0.25) is 4.79 Å². The summed E-state index contributed by atoms with van der Waals surface area (Å²) >= 11 is 1.83. The average molecular weight is 350 g/mol. The molecule has 1 atom stereocenters. The van der Waals surface area contributed by atoms with Crippen LogP contribution < -0.4 is 5.56 Å². The van der Waals surface area contributed by atoms with Crippen LogP contribution in [-0.2, 0) is 19.4 Å². The number of nitrogens with zero attached hydrogens (tertiary/aromatic N) is 2. The standard InChI is InChI=1S/C21H22N2OS/c1-21(2,3)13-8-9-15-16(10-13)25-20-17(15)19(24)22-18-14-7-5-4-6-12(14)11-23(18)20/h4-7,13H,8-11H2,1-3H3/t13-/m0/s1. The van der Waals surface area contributed by atoms with E-state index in [-0.39, 0.29) is 5.56 Å². The van der Waals surface area contributed by atoms with Gasteiger partial charge in [-0.05, 0) is 41.7 Å².